The maximum Gasteiger partial charge on any atom is 0.137 e. The summed E-state index contributed by atoms with van der Waals surface area (Å²) in [5.41, 5.74) is 5.35. The first-order chi connectivity index (χ1) is 19.1. The molecule has 3 aromatic carbocycles. The number of imidazole rings is 1. The molecule has 0 amide bonds. The number of aromatic nitrogens is 3. The second-order valence-corrected chi connectivity index (χ2v) is 9.40. The zero-order valence-corrected chi connectivity index (χ0v) is 22.5. The van der Waals surface area contributed by atoms with Crippen LogP contribution < -0.4 is 24.0 Å². The lowest BCUT2D eigenvalue weighted by atomic mass is 10.1. The summed E-state index contributed by atoms with van der Waals surface area (Å²) in [6.07, 6.45) is 3.48. The topological polar surface area (TPSA) is 75.7 Å². The third-order valence-corrected chi connectivity index (χ3v) is 6.37. The Morgan fingerprint density at radius 1 is 0.744 bits per heavy atom. The lowest BCUT2D eigenvalue weighted by molar-refractivity contribution is 0.216. The molecule has 2 aromatic heterocycles. The average Bonchev–Trinajstić information content (AvgIpc) is 3.44. The Morgan fingerprint density at radius 2 is 1.51 bits per heavy atom. The van der Waals surface area contributed by atoms with Crippen molar-refractivity contribution < 1.29 is 14.2 Å². The molecule has 0 saturated heterocycles. The molecule has 0 aliphatic heterocycles. The Bertz CT molecular complexity index is 1500. The van der Waals surface area contributed by atoms with E-state index in [1.807, 2.05) is 73.6 Å². The fourth-order valence-electron chi connectivity index (χ4n) is 4.33. The zero-order chi connectivity index (χ0) is 27.0. The second kappa shape index (κ2) is 12.2. The van der Waals surface area contributed by atoms with E-state index in [0.717, 1.165) is 45.2 Å². The number of benzene rings is 3. The van der Waals surface area contributed by atoms with Crippen molar-refractivity contribution in [2.75, 3.05) is 44.2 Å². The third kappa shape index (κ3) is 6.78. The molecular formula is C31H33N5O3. The van der Waals surface area contributed by atoms with Gasteiger partial charge < -0.3 is 29.0 Å². The van der Waals surface area contributed by atoms with Gasteiger partial charge in [-0.05, 0) is 59.7 Å². The molecular weight excluding hydrogens is 490 g/mol. The number of hydrogen-bond acceptors (Lipinski definition) is 7. The first kappa shape index (κ1) is 25.9. The normalized spacial score (nSPS) is 10.8. The predicted octanol–water partition coefficient (Wildman–Crippen LogP) is 5.70. The Labute approximate surface area is 228 Å². The lowest BCUT2D eigenvalue weighted by Gasteiger charge is -2.24. The van der Waals surface area contributed by atoms with Gasteiger partial charge in [-0.25, -0.2) is 9.97 Å². The van der Waals surface area contributed by atoms with E-state index in [1.165, 1.54) is 0 Å². The SMILES string of the molecule is COc1cccc(CN(Cc2ccc3nc[nH]c3c2)c2ccc(OCCOc3cccc(N(C)C)c3)cn2)c1. The number of ether oxygens (including phenoxy) is 3. The number of aromatic amines is 1. The second-order valence-electron chi connectivity index (χ2n) is 9.40. The van der Waals surface area contributed by atoms with Crippen LogP contribution in [-0.2, 0) is 13.1 Å². The average molecular weight is 524 g/mol. The van der Waals surface area contributed by atoms with E-state index < -0.39 is 0 Å². The van der Waals surface area contributed by atoms with Crippen LogP contribution in [0.1, 0.15) is 11.1 Å². The highest BCUT2D eigenvalue weighted by Crippen LogP contribution is 2.24. The number of H-pyrrole nitrogens is 1. The number of pyridine rings is 1. The first-order valence-corrected chi connectivity index (χ1v) is 12.9. The summed E-state index contributed by atoms with van der Waals surface area (Å²) >= 11 is 0. The number of hydrogen-bond donors (Lipinski definition) is 1. The van der Waals surface area contributed by atoms with E-state index in [2.05, 4.69) is 39.1 Å². The van der Waals surface area contributed by atoms with Crippen LogP contribution in [0.4, 0.5) is 11.5 Å². The van der Waals surface area contributed by atoms with E-state index in [-0.39, 0.29) is 0 Å². The number of methoxy groups -OCH3 is 1. The number of fused-ring (bicyclic) bond motifs is 1. The van der Waals surface area contributed by atoms with Crippen LogP contribution in [0.3, 0.4) is 0 Å². The quantitative estimate of drug-likeness (QED) is 0.210. The highest BCUT2D eigenvalue weighted by Gasteiger charge is 2.12. The Balaban J connectivity index is 1.25. The van der Waals surface area contributed by atoms with Crippen molar-refractivity contribution in [2.45, 2.75) is 13.1 Å². The van der Waals surface area contributed by atoms with Crippen LogP contribution in [0.15, 0.2) is 91.4 Å². The molecule has 8 heteroatoms. The largest absolute Gasteiger partial charge is 0.497 e. The van der Waals surface area contributed by atoms with Crippen molar-refractivity contribution in [3.63, 3.8) is 0 Å². The fourth-order valence-corrected chi connectivity index (χ4v) is 4.33. The Kier molecular flexibility index (Phi) is 8.12. The third-order valence-electron chi connectivity index (χ3n) is 6.37. The molecule has 5 rings (SSSR count). The highest BCUT2D eigenvalue weighted by atomic mass is 16.5. The molecule has 0 atom stereocenters. The van der Waals surface area contributed by atoms with Gasteiger partial charge >= 0.3 is 0 Å². The van der Waals surface area contributed by atoms with Gasteiger partial charge in [0.25, 0.3) is 0 Å². The van der Waals surface area contributed by atoms with Crippen LogP contribution >= 0.6 is 0 Å². The minimum atomic E-state index is 0.422. The van der Waals surface area contributed by atoms with Crippen LogP contribution in [-0.4, -0.2) is 49.4 Å². The molecule has 5 aromatic rings. The zero-order valence-electron chi connectivity index (χ0n) is 22.5. The Hall–Kier alpha value is -4.72. The van der Waals surface area contributed by atoms with Crippen molar-refractivity contribution in [3.05, 3.63) is 103 Å². The lowest BCUT2D eigenvalue weighted by Crippen LogP contribution is -2.23. The molecule has 0 bridgehead atoms. The number of anilines is 2. The number of nitrogens with one attached hydrogen (secondary N) is 1. The van der Waals surface area contributed by atoms with E-state index in [9.17, 15) is 0 Å². The van der Waals surface area contributed by atoms with Crippen LogP contribution in [0.2, 0.25) is 0 Å². The van der Waals surface area contributed by atoms with Crippen molar-refractivity contribution in [2.24, 2.45) is 0 Å². The summed E-state index contributed by atoms with van der Waals surface area (Å²) in [6.45, 7) is 2.21. The first-order valence-electron chi connectivity index (χ1n) is 12.9. The summed E-state index contributed by atoms with van der Waals surface area (Å²) < 4.78 is 17.2. The predicted molar refractivity (Wildman–Crippen MR) is 155 cm³/mol. The van der Waals surface area contributed by atoms with Crippen molar-refractivity contribution in [3.8, 4) is 17.2 Å². The van der Waals surface area contributed by atoms with E-state index in [4.69, 9.17) is 19.2 Å². The standard InChI is InChI=1S/C31H33N5O3/c1-35(2)25-7-5-9-27(18-25)38-14-15-39-28-11-13-31(32-19-28)36(20-23-6-4-8-26(16-23)37-3)21-24-10-12-29-30(17-24)34-22-33-29/h4-13,16-19,22H,14-15,20-21H2,1-3H3,(H,33,34). The monoisotopic (exact) mass is 523 g/mol. The van der Waals surface area contributed by atoms with Gasteiger partial charge in [0.05, 0.1) is 30.7 Å². The van der Waals surface area contributed by atoms with Gasteiger partial charge in [-0.3, -0.25) is 0 Å². The minimum Gasteiger partial charge on any atom is -0.497 e. The van der Waals surface area contributed by atoms with Gasteiger partial charge in [0.2, 0.25) is 0 Å². The molecule has 0 fully saturated rings. The number of rotatable bonds is 12. The van der Waals surface area contributed by atoms with Gasteiger partial charge in [-0.1, -0.05) is 24.3 Å². The molecule has 2 heterocycles. The molecule has 39 heavy (non-hydrogen) atoms. The van der Waals surface area contributed by atoms with Gasteiger partial charge in [-0.2, -0.15) is 0 Å². The summed E-state index contributed by atoms with van der Waals surface area (Å²) in [7, 11) is 5.70. The van der Waals surface area contributed by atoms with Crippen LogP contribution in [0.5, 0.6) is 17.2 Å². The van der Waals surface area contributed by atoms with Crippen LogP contribution in [0.25, 0.3) is 11.0 Å². The maximum absolute atomic E-state index is 5.90. The van der Waals surface area contributed by atoms with Gasteiger partial charge in [0.1, 0.15) is 36.3 Å². The van der Waals surface area contributed by atoms with Gasteiger partial charge in [0, 0.05) is 38.9 Å². The molecule has 200 valence electrons. The fraction of sp³-hybridized carbons (Fsp3) is 0.226. The Morgan fingerprint density at radius 3 is 2.28 bits per heavy atom. The van der Waals surface area contributed by atoms with Crippen LogP contribution in [0, 0.1) is 0 Å². The molecule has 0 radical (unpaired) electrons. The molecule has 1 N–H and O–H groups in total. The summed E-state index contributed by atoms with van der Waals surface area (Å²) in [4.78, 5) is 16.5. The van der Waals surface area contributed by atoms with Crippen molar-refractivity contribution in [1.29, 1.82) is 0 Å². The van der Waals surface area contributed by atoms with E-state index >= 15 is 0 Å². The smallest absolute Gasteiger partial charge is 0.137 e. The number of nitrogens with zero attached hydrogens (tertiary/aromatic N) is 4. The molecule has 0 unspecified atom stereocenters. The summed E-state index contributed by atoms with van der Waals surface area (Å²) in [5.74, 6) is 3.20. The molecule has 0 aliphatic carbocycles. The summed E-state index contributed by atoms with van der Waals surface area (Å²) in [5, 5.41) is 0. The molecule has 0 aliphatic rings. The molecule has 0 saturated carbocycles. The van der Waals surface area contributed by atoms with Gasteiger partial charge in [-0.15, -0.1) is 0 Å². The van der Waals surface area contributed by atoms with Gasteiger partial charge in [0.15, 0.2) is 0 Å². The molecule has 0 spiro atoms. The van der Waals surface area contributed by atoms with E-state index in [1.54, 1.807) is 19.6 Å². The molecule has 8 nitrogen and oxygen atoms in total. The highest BCUT2D eigenvalue weighted by molar-refractivity contribution is 5.75. The minimum absolute atomic E-state index is 0.422. The van der Waals surface area contributed by atoms with Crippen molar-refractivity contribution >= 4 is 22.5 Å². The van der Waals surface area contributed by atoms with Crippen molar-refractivity contribution in [1.82, 2.24) is 15.0 Å². The van der Waals surface area contributed by atoms with E-state index in [0.29, 0.717) is 32.1 Å². The summed E-state index contributed by atoms with van der Waals surface area (Å²) in [6, 6.07) is 26.3. The maximum atomic E-state index is 5.90.